The lowest BCUT2D eigenvalue weighted by Crippen LogP contribution is -2.31. The summed E-state index contributed by atoms with van der Waals surface area (Å²) in [4.78, 5) is 0.725. The van der Waals surface area contributed by atoms with Crippen molar-refractivity contribution in [3.63, 3.8) is 0 Å². The molecule has 5 nitrogen and oxygen atoms in total. The van der Waals surface area contributed by atoms with Crippen LogP contribution in [0.25, 0.3) is 0 Å². The Morgan fingerprint density at radius 1 is 0.893 bits per heavy atom. The zero-order chi connectivity index (χ0) is 19.5. The minimum absolute atomic E-state index is 0.312. The molecule has 1 aliphatic rings. The summed E-state index contributed by atoms with van der Waals surface area (Å²) in [5.41, 5.74) is 1.30. The molecule has 3 aromatic rings. The molecule has 28 heavy (non-hydrogen) atoms. The topological polar surface area (TPSA) is 56.8 Å². The number of fused-ring (bicyclic) bond motifs is 1. The largest absolute Gasteiger partial charge is 0.497 e. The third kappa shape index (κ3) is 3.55. The number of rotatable bonds is 6. The molecule has 1 aliphatic heterocycles. The third-order valence-electron chi connectivity index (χ3n) is 4.68. The molecule has 0 saturated heterocycles. The molecular formula is C22H21NO4S. The minimum Gasteiger partial charge on any atom is -0.497 e. The van der Waals surface area contributed by atoms with Gasteiger partial charge in [0, 0.05) is 5.69 Å². The van der Waals surface area contributed by atoms with Gasteiger partial charge in [0.2, 0.25) is 5.44 Å². The first-order chi connectivity index (χ1) is 13.7. The van der Waals surface area contributed by atoms with Crippen LogP contribution in [0, 0.1) is 0 Å². The molecule has 0 radical (unpaired) electrons. The number of hydrogen-bond acceptors (Lipinski definition) is 5. The van der Waals surface area contributed by atoms with Crippen molar-refractivity contribution in [1.82, 2.24) is 0 Å². The summed E-state index contributed by atoms with van der Waals surface area (Å²) in [6, 6.07) is 22.5. The van der Waals surface area contributed by atoms with Gasteiger partial charge in [-0.05, 0) is 54.1 Å². The summed E-state index contributed by atoms with van der Waals surface area (Å²) in [7, 11) is 1.97. The Hall–Kier alpha value is -2.99. The number of anilines is 1. The first-order valence-electron chi connectivity index (χ1n) is 8.90. The first-order valence-corrected chi connectivity index (χ1v) is 10.1. The van der Waals surface area contributed by atoms with Crippen LogP contribution in [0.4, 0.5) is 5.69 Å². The molecule has 0 aliphatic carbocycles. The van der Waals surface area contributed by atoms with Gasteiger partial charge in [-0.2, -0.15) is 0 Å². The predicted molar refractivity (Wildman–Crippen MR) is 110 cm³/mol. The van der Waals surface area contributed by atoms with Gasteiger partial charge >= 0.3 is 0 Å². The molecule has 0 saturated carbocycles. The average molecular weight is 395 g/mol. The second kappa shape index (κ2) is 7.94. The fourth-order valence-corrected chi connectivity index (χ4v) is 4.63. The zero-order valence-electron chi connectivity index (χ0n) is 15.6. The third-order valence-corrected chi connectivity index (χ3v) is 6.24. The molecule has 6 heteroatoms. The lowest BCUT2D eigenvalue weighted by Gasteiger charge is -2.25. The van der Waals surface area contributed by atoms with Gasteiger partial charge in [0.15, 0.2) is 0 Å². The van der Waals surface area contributed by atoms with Crippen LogP contribution in [0.5, 0.6) is 17.2 Å². The molecule has 0 spiro atoms. The van der Waals surface area contributed by atoms with Gasteiger partial charge in [-0.15, -0.1) is 0 Å². The van der Waals surface area contributed by atoms with Crippen LogP contribution in [0.2, 0.25) is 0 Å². The summed E-state index contributed by atoms with van der Waals surface area (Å²) in [5.74, 6) is 2.21. The van der Waals surface area contributed by atoms with Crippen molar-refractivity contribution in [1.29, 1.82) is 0 Å². The Bertz CT molecular complexity index is 973. The molecule has 1 N–H and O–H groups in total. The maximum atomic E-state index is 13.1. The summed E-state index contributed by atoms with van der Waals surface area (Å²) in [6.07, 6.45) is 0. The highest BCUT2D eigenvalue weighted by molar-refractivity contribution is 7.86. The normalized spacial score (nSPS) is 18.6. The fraction of sp³-hybridized carbons (Fsp3) is 0.182. The van der Waals surface area contributed by atoms with Crippen molar-refractivity contribution in [3.05, 3.63) is 78.4 Å². The molecule has 0 amide bonds. The number of benzene rings is 3. The second-order valence-corrected chi connectivity index (χ2v) is 7.85. The first kappa shape index (κ1) is 18.4. The molecular weight excluding hydrogens is 374 g/mol. The molecule has 3 atom stereocenters. The van der Waals surface area contributed by atoms with Crippen LogP contribution >= 0.6 is 0 Å². The van der Waals surface area contributed by atoms with E-state index in [-0.39, 0.29) is 6.04 Å². The summed E-state index contributed by atoms with van der Waals surface area (Å²) in [5, 5.41) is 3.48. The number of ether oxygens (including phenoxy) is 3. The van der Waals surface area contributed by atoms with Crippen molar-refractivity contribution >= 4 is 16.5 Å². The van der Waals surface area contributed by atoms with Gasteiger partial charge in [0.05, 0.1) is 19.1 Å². The van der Waals surface area contributed by atoms with Crippen molar-refractivity contribution in [2.45, 2.75) is 16.4 Å². The molecule has 144 valence electrons. The number of nitrogens with one attached hydrogen (secondary N) is 1. The lowest BCUT2D eigenvalue weighted by atomic mass is 10.1. The number of hydrogen-bond donors (Lipinski definition) is 1. The van der Waals surface area contributed by atoms with Gasteiger partial charge in [-0.1, -0.05) is 24.3 Å². The Morgan fingerprint density at radius 3 is 2.11 bits per heavy atom. The molecule has 0 aromatic heterocycles. The highest BCUT2D eigenvalue weighted by Crippen LogP contribution is 2.39. The zero-order valence-corrected chi connectivity index (χ0v) is 16.4. The number of para-hydroxylation sites is 1. The van der Waals surface area contributed by atoms with Crippen LogP contribution in [-0.4, -0.2) is 23.9 Å². The SMILES string of the molecule is COc1ccc(N[C@H](c2ccc(OC)cc2)[C@H]2Oc3ccccc3[S@@]2=O)cc1. The van der Waals surface area contributed by atoms with Crippen LogP contribution in [0.3, 0.4) is 0 Å². The molecule has 3 aromatic carbocycles. The van der Waals surface area contributed by atoms with Crippen molar-refractivity contribution in [2.24, 2.45) is 0 Å². The van der Waals surface area contributed by atoms with E-state index in [0.717, 1.165) is 27.6 Å². The quantitative estimate of drug-likeness (QED) is 0.671. The van der Waals surface area contributed by atoms with E-state index in [1.54, 1.807) is 14.2 Å². The van der Waals surface area contributed by atoms with E-state index >= 15 is 0 Å². The number of methoxy groups -OCH3 is 2. The Labute approximate surface area is 166 Å². The minimum atomic E-state index is -1.29. The predicted octanol–water partition coefficient (Wildman–Crippen LogP) is 4.38. The smallest absolute Gasteiger partial charge is 0.201 e. The van der Waals surface area contributed by atoms with E-state index in [2.05, 4.69) is 5.32 Å². The maximum Gasteiger partial charge on any atom is 0.201 e. The molecule has 1 heterocycles. The van der Waals surface area contributed by atoms with Crippen molar-refractivity contribution in [2.75, 3.05) is 19.5 Å². The Balaban J connectivity index is 1.67. The van der Waals surface area contributed by atoms with Gasteiger partial charge in [-0.25, -0.2) is 0 Å². The van der Waals surface area contributed by atoms with Gasteiger partial charge < -0.3 is 19.5 Å². The maximum absolute atomic E-state index is 13.1. The van der Waals surface area contributed by atoms with Crippen LogP contribution < -0.4 is 19.5 Å². The molecule has 0 unspecified atom stereocenters. The second-order valence-electron chi connectivity index (χ2n) is 6.35. The van der Waals surface area contributed by atoms with Crippen molar-refractivity contribution < 1.29 is 18.4 Å². The van der Waals surface area contributed by atoms with Crippen LogP contribution in [0.1, 0.15) is 11.6 Å². The molecule has 0 bridgehead atoms. The van der Waals surface area contributed by atoms with E-state index in [1.807, 2.05) is 72.8 Å². The van der Waals surface area contributed by atoms with E-state index in [0.29, 0.717) is 5.75 Å². The molecule has 4 rings (SSSR count). The van der Waals surface area contributed by atoms with Gasteiger partial charge in [-0.3, -0.25) is 4.21 Å². The fourth-order valence-electron chi connectivity index (χ4n) is 3.19. The molecule has 0 fully saturated rings. The van der Waals surface area contributed by atoms with E-state index in [1.165, 1.54) is 0 Å². The van der Waals surface area contributed by atoms with E-state index in [4.69, 9.17) is 14.2 Å². The highest BCUT2D eigenvalue weighted by atomic mass is 32.2. The Morgan fingerprint density at radius 2 is 1.50 bits per heavy atom. The summed E-state index contributed by atoms with van der Waals surface area (Å²) >= 11 is 0. The monoisotopic (exact) mass is 395 g/mol. The Kier molecular flexibility index (Phi) is 5.21. The highest BCUT2D eigenvalue weighted by Gasteiger charge is 2.38. The van der Waals surface area contributed by atoms with Gasteiger partial charge in [0.25, 0.3) is 0 Å². The lowest BCUT2D eigenvalue weighted by molar-refractivity contribution is 0.267. The van der Waals surface area contributed by atoms with Crippen molar-refractivity contribution in [3.8, 4) is 17.2 Å². The van der Waals surface area contributed by atoms with Crippen LogP contribution in [0.15, 0.2) is 77.7 Å². The van der Waals surface area contributed by atoms with E-state index in [9.17, 15) is 4.21 Å². The average Bonchev–Trinajstić information content (AvgIpc) is 3.09. The van der Waals surface area contributed by atoms with Gasteiger partial charge in [0.1, 0.15) is 34.1 Å². The van der Waals surface area contributed by atoms with E-state index < -0.39 is 16.2 Å². The van der Waals surface area contributed by atoms with Crippen LogP contribution in [-0.2, 0) is 10.8 Å². The summed E-state index contributed by atoms with van der Waals surface area (Å²) in [6.45, 7) is 0. The standard InChI is InChI=1S/C22H21NO4S/c1-25-17-11-7-15(8-12-17)21(23-16-9-13-18(26-2)14-10-16)22-27-19-5-3-4-6-20(19)28(22)24/h3-14,21-23H,1-2H3/t21-,22+,28+/m1/s1. The summed E-state index contributed by atoms with van der Waals surface area (Å²) < 4.78 is 29.7.